The van der Waals surface area contributed by atoms with Crippen molar-refractivity contribution in [3.8, 4) is 0 Å². The van der Waals surface area contributed by atoms with Crippen molar-refractivity contribution in [1.29, 1.82) is 0 Å². The number of benzene rings is 2. The van der Waals surface area contributed by atoms with Crippen LogP contribution in [0.5, 0.6) is 0 Å². The van der Waals surface area contributed by atoms with E-state index in [9.17, 15) is 14.9 Å². The summed E-state index contributed by atoms with van der Waals surface area (Å²) in [5, 5.41) is 14.8. The standard InChI is InChI=1S/C16H11ClN2O4/c1-9-12(3-2-4-13(9)19(21)22)18-16(20)15-8-10-7-11(17)5-6-14(10)23-15/h2-8H,1H3,(H,18,20). The van der Waals surface area contributed by atoms with Crippen LogP contribution in [0.25, 0.3) is 11.0 Å². The minimum Gasteiger partial charge on any atom is -0.451 e. The highest BCUT2D eigenvalue weighted by Gasteiger charge is 2.17. The first kappa shape index (κ1) is 15.1. The molecule has 0 aliphatic rings. The number of nitrogens with one attached hydrogen (secondary N) is 1. The molecule has 0 aliphatic heterocycles. The van der Waals surface area contributed by atoms with Gasteiger partial charge in [-0.25, -0.2) is 0 Å². The number of nitrogens with zero attached hydrogens (tertiary/aromatic N) is 1. The van der Waals surface area contributed by atoms with Crippen molar-refractivity contribution in [1.82, 2.24) is 0 Å². The van der Waals surface area contributed by atoms with E-state index in [1.54, 1.807) is 37.3 Å². The smallest absolute Gasteiger partial charge is 0.291 e. The molecular weight excluding hydrogens is 320 g/mol. The number of anilines is 1. The highest BCUT2D eigenvalue weighted by molar-refractivity contribution is 6.31. The SMILES string of the molecule is Cc1c(NC(=O)c2cc3cc(Cl)ccc3o2)cccc1[N+](=O)[O-]. The minimum atomic E-state index is -0.492. The van der Waals surface area contributed by atoms with E-state index in [0.29, 0.717) is 27.2 Å². The molecule has 116 valence electrons. The molecule has 0 unspecified atom stereocenters. The van der Waals surface area contributed by atoms with E-state index in [1.165, 1.54) is 12.1 Å². The number of amides is 1. The fourth-order valence-electron chi connectivity index (χ4n) is 2.27. The predicted octanol–water partition coefficient (Wildman–Crippen LogP) is 4.56. The van der Waals surface area contributed by atoms with Gasteiger partial charge in [0.05, 0.1) is 16.2 Å². The molecule has 0 radical (unpaired) electrons. The molecule has 0 saturated carbocycles. The number of furan rings is 1. The Morgan fingerprint density at radius 1 is 1.26 bits per heavy atom. The summed E-state index contributed by atoms with van der Waals surface area (Å²) >= 11 is 5.90. The van der Waals surface area contributed by atoms with E-state index < -0.39 is 10.8 Å². The van der Waals surface area contributed by atoms with Gasteiger partial charge in [0.25, 0.3) is 11.6 Å². The highest BCUT2D eigenvalue weighted by atomic mass is 35.5. The van der Waals surface area contributed by atoms with Crippen LogP contribution in [0.15, 0.2) is 46.9 Å². The summed E-state index contributed by atoms with van der Waals surface area (Å²) in [6.07, 6.45) is 0. The van der Waals surface area contributed by atoms with E-state index in [0.717, 1.165) is 0 Å². The normalized spacial score (nSPS) is 10.7. The summed E-state index contributed by atoms with van der Waals surface area (Å²) in [7, 11) is 0. The Morgan fingerprint density at radius 2 is 2.04 bits per heavy atom. The molecule has 1 N–H and O–H groups in total. The molecule has 0 fully saturated rings. The maximum absolute atomic E-state index is 12.3. The predicted molar refractivity (Wildman–Crippen MR) is 87.0 cm³/mol. The second kappa shape index (κ2) is 5.73. The summed E-state index contributed by atoms with van der Waals surface area (Å²) in [5.74, 6) is -0.380. The Bertz CT molecular complexity index is 933. The van der Waals surface area contributed by atoms with Crippen molar-refractivity contribution >= 4 is 39.9 Å². The van der Waals surface area contributed by atoms with Crippen LogP contribution in [0.2, 0.25) is 5.02 Å². The molecule has 3 rings (SSSR count). The third kappa shape index (κ3) is 2.89. The lowest BCUT2D eigenvalue weighted by Gasteiger charge is -2.06. The molecule has 23 heavy (non-hydrogen) atoms. The third-order valence-corrected chi connectivity index (χ3v) is 3.69. The van der Waals surface area contributed by atoms with Crippen LogP contribution in [-0.4, -0.2) is 10.8 Å². The van der Waals surface area contributed by atoms with Crippen molar-refractivity contribution < 1.29 is 14.1 Å². The Balaban J connectivity index is 1.92. The largest absolute Gasteiger partial charge is 0.451 e. The van der Waals surface area contributed by atoms with Gasteiger partial charge in [0.1, 0.15) is 5.58 Å². The third-order valence-electron chi connectivity index (χ3n) is 3.45. The number of nitro groups is 1. The van der Waals surface area contributed by atoms with Gasteiger partial charge in [-0.2, -0.15) is 0 Å². The number of hydrogen-bond acceptors (Lipinski definition) is 4. The molecule has 3 aromatic rings. The van der Waals surface area contributed by atoms with Gasteiger partial charge >= 0.3 is 0 Å². The molecular formula is C16H11ClN2O4. The molecule has 0 bridgehead atoms. The lowest BCUT2D eigenvalue weighted by atomic mass is 10.1. The van der Waals surface area contributed by atoms with Crippen LogP contribution in [0.1, 0.15) is 16.1 Å². The minimum absolute atomic E-state index is 0.0563. The molecule has 1 aromatic heterocycles. The molecule has 0 aliphatic carbocycles. The lowest BCUT2D eigenvalue weighted by Crippen LogP contribution is -2.12. The summed E-state index contributed by atoms with van der Waals surface area (Å²) in [4.78, 5) is 22.7. The van der Waals surface area contributed by atoms with Crippen LogP contribution in [-0.2, 0) is 0 Å². The van der Waals surface area contributed by atoms with E-state index in [-0.39, 0.29) is 11.4 Å². The van der Waals surface area contributed by atoms with Gasteiger partial charge in [0.15, 0.2) is 5.76 Å². The lowest BCUT2D eigenvalue weighted by molar-refractivity contribution is -0.385. The average molecular weight is 331 g/mol. The Kier molecular flexibility index (Phi) is 3.75. The van der Waals surface area contributed by atoms with E-state index in [1.807, 2.05) is 0 Å². The monoisotopic (exact) mass is 330 g/mol. The van der Waals surface area contributed by atoms with Crippen LogP contribution >= 0.6 is 11.6 Å². The molecule has 0 atom stereocenters. The van der Waals surface area contributed by atoms with Crippen LogP contribution in [0.4, 0.5) is 11.4 Å². The fraction of sp³-hybridized carbons (Fsp3) is 0.0625. The molecule has 7 heteroatoms. The zero-order valence-corrected chi connectivity index (χ0v) is 12.8. The molecule has 1 amide bonds. The zero-order valence-electron chi connectivity index (χ0n) is 12.0. The molecule has 6 nitrogen and oxygen atoms in total. The second-order valence-corrected chi connectivity index (χ2v) is 5.39. The van der Waals surface area contributed by atoms with Gasteiger partial charge in [-0.3, -0.25) is 14.9 Å². The fourth-order valence-corrected chi connectivity index (χ4v) is 2.45. The second-order valence-electron chi connectivity index (χ2n) is 4.95. The van der Waals surface area contributed by atoms with Crippen molar-refractivity contribution in [2.75, 3.05) is 5.32 Å². The Labute approximate surface area is 135 Å². The average Bonchev–Trinajstić information content (AvgIpc) is 2.92. The number of carbonyl (C=O) groups is 1. The maximum atomic E-state index is 12.3. The highest BCUT2D eigenvalue weighted by Crippen LogP contribution is 2.27. The zero-order chi connectivity index (χ0) is 16.6. The van der Waals surface area contributed by atoms with Crippen molar-refractivity contribution in [3.63, 3.8) is 0 Å². The summed E-state index contributed by atoms with van der Waals surface area (Å²) < 4.78 is 5.47. The van der Waals surface area contributed by atoms with Gasteiger partial charge in [-0.15, -0.1) is 0 Å². The molecule has 1 heterocycles. The van der Waals surface area contributed by atoms with Gasteiger partial charge < -0.3 is 9.73 Å². The van der Waals surface area contributed by atoms with Gasteiger partial charge in [-0.1, -0.05) is 17.7 Å². The van der Waals surface area contributed by atoms with Gasteiger partial charge in [0, 0.05) is 16.5 Å². The number of fused-ring (bicyclic) bond motifs is 1. The summed E-state index contributed by atoms with van der Waals surface area (Å²) in [6, 6.07) is 11.1. The summed E-state index contributed by atoms with van der Waals surface area (Å²) in [5.41, 5.74) is 1.22. The quantitative estimate of drug-likeness (QED) is 0.563. The Morgan fingerprint density at radius 3 is 2.78 bits per heavy atom. The van der Waals surface area contributed by atoms with E-state index in [2.05, 4.69) is 5.32 Å². The molecule has 0 spiro atoms. The number of hydrogen-bond donors (Lipinski definition) is 1. The molecule has 2 aromatic carbocycles. The first-order valence-corrected chi connectivity index (χ1v) is 7.08. The van der Waals surface area contributed by atoms with Gasteiger partial charge in [-0.05, 0) is 37.3 Å². The van der Waals surface area contributed by atoms with Crippen molar-refractivity contribution in [2.24, 2.45) is 0 Å². The first-order valence-electron chi connectivity index (χ1n) is 6.70. The number of rotatable bonds is 3. The maximum Gasteiger partial charge on any atom is 0.291 e. The number of carbonyl (C=O) groups excluding carboxylic acids is 1. The summed E-state index contributed by atoms with van der Waals surface area (Å²) in [6.45, 7) is 1.58. The topological polar surface area (TPSA) is 85.4 Å². The van der Waals surface area contributed by atoms with Crippen molar-refractivity contribution in [2.45, 2.75) is 6.92 Å². The van der Waals surface area contributed by atoms with Crippen LogP contribution in [0.3, 0.4) is 0 Å². The first-order chi connectivity index (χ1) is 11.0. The number of halogens is 1. The Hall–Kier alpha value is -2.86. The number of nitro benzene ring substituents is 1. The van der Waals surface area contributed by atoms with E-state index in [4.69, 9.17) is 16.0 Å². The van der Waals surface area contributed by atoms with Crippen LogP contribution < -0.4 is 5.32 Å². The van der Waals surface area contributed by atoms with Crippen LogP contribution in [0, 0.1) is 17.0 Å². The van der Waals surface area contributed by atoms with Crippen molar-refractivity contribution in [3.05, 3.63) is 68.9 Å². The van der Waals surface area contributed by atoms with E-state index >= 15 is 0 Å². The molecule has 0 saturated heterocycles. The van der Waals surface area contributed by atoms with Gasteiger partial charge in [0.2, 0.25) is 0 Å².